The van der Waals surface area contributed by atoms with Crippen molar-refractivity contribution in [1.82, 2.24) is 19.9 Å². The van der Waals surface area contributed by atoms with Crippen LogP contribution in [-0.2, 0) is 0 Å². The molecule has 7 aromatic rings. The van der Waals surface area contributed by atoms with Crippen molar-refractivity contribution in [2.45, 2.75) is 39.3 Å². The molecule has 0 aliphatic heterocycles. The third kappa shape index (κ3) is 5.89. The largest absolute Gasteiger partial charge is 0.279 e. The van der Waals surface area contributed by atoms with Gasteiger partial charge in [-0.3, -0.25) is 9.80 Å². The van der Waals surface area contributed by atoms with E-state index in [1.54, 1.807) is 0 Å². The predicted molar refractivity (Wildman–Crippen MR) is 208 cm³/mol. The molecule has 6 nitrogen and oxygen atoms in total. The van der Waals surface area contributed by atoms with Crippen LogP contribution in [0.2, 0.25) is 39.3 Å². The van der Waals surface area contributed by atoms with E-state index in [2.05, 4.69) is 85.5 Å². The molecular formula is C40H40N6Si2. The molecule has 0 radical (unpaired) electrons. The zero-order valence-corrected chi connectivity index (χ0v) is 30.4. The average Bonchev–Trinajstić information content (AvgIpc) is 3.08. The maximum atomic E-state index is 4.75. The molecule has 4 heterocycles. The molecule has 0 unspecified atom stereocenters. The number of pyridine rings is 4. The molecule has 7 rings (SSSR count). The van der Waals surface area contributed by atoms with Gasteiger partial charge in [-0.2, -0.15) is 0 Å². The van der Waals surface area contributed by atoms with E-state index in [1.165, 1.54) is 31.9 Å². The summed E-state index contributed by atoms with van der Waals surface area (Å²) in [6.45, 7) is 14.7. The Labute approximate surface area is 284 Å². The summed E-state index contributed by atoms with van der Waals surface area (Å²) < 4.78 is 0. The van der Waals surface area contributed by atoms with Crippen molar-refractivity contribution in [3.63, 3.8) is 0 Å². The monoisotopic (exact) mass is 660 g/mol. The maximum Gasteiger partial charge on any atom is 0.138 e. The molecule has 0 saturated carbocycles. The molecular weight excluding hydrogens is 621 g/mol. The van der Waals surface area contributed by atoms with Gasteiger partial charge in [-0.15, -0.1) is 0 Å². The molecule has 0 aliphatic rings. The Bertz CT molecular complexity index is 1960. The third-order valence-corrected chi connectivity index (χ3v) is 12.7. The molecule has 3 aromatic carbocycles. The number of benzene rings is 3. The molecule has 238 valence electrons. The molecule has 0 aliphatic carbocycles. The van der Waals surface area contributed by atoms with Crippen LogP contribution in [0.1, 0.15) is 0 Å². The lowest BCUT2D eigenvalue weighted by Crippen LogP contribution is -2.44. The minimum absolute atomic E-state index is 0.838. The fourth-order valence-electron chi connectivity index (χ4n) is 6.81. The zero-order chi connectivity index (χ0) is 33.5. The topological polar surface area (TPSA) is 58.0 Å². The Kier molecular flexibility index (Phi) is 8.14. The van der Waals surface area contributed by atoms with Crippen LogP contribution in [0, 0.1) is 0 Å². The van der Waals surface area contributed by atoms with Crippen molar-refractivity contribution in [2.24, 2.45) is 0 Å². The van der Waals surface area contributed by atoms with E-state index >= 15 is 0 Å². The van der Waals surface area contributed by atoms with Crippen LogP contribution >= 0.6 is 0 Å². The molecule has 0 atom stereocenters. The first kappa shape index (κ1) is 31.4. The SMILES string of the molecule is C[Si](C)(C)c1c2ccc(N(c3ccccn3)c3ccccn3)cc2c([Si](C)(C)C)c2ccc(N(c3ccccn3)c3ccccn3)cc12. The first-order chi connectivity index (χ1) is 23.1. The Hall–Kier alpha value is -5.19. The van der Waals surface area contributed by atoms with Gasteiger partial charge in [-0.05, 0) is 105 Å². The first-order valence-electron chi connectivity index (χ1n) is 16.4. The van der Waals surface area contributed by atoms with Crippen LogP contribution in [0.4, 0.5) is 34.6 Å². The Morgan fingerprint density at radius 1 is 0.375 bits per heavy atom. The number of hydrogen-bond acceptors (Lipinski definition) is 6. The molecule has 48 heavy (non-hydrogen) atoms. The summed E-state index contributed by atoms with van der Waals surface area (Å²) in [5, 5.41) is 8.26. The minimum atomic E-state index is -1.91. The second kappa shape index (κ2) is 12.4. The standard InChI is InChI=1S/C40H40N6Si2/c1-47(2,3)39-31-21-19-30(46(37-17-9-13-25-43-37)38-18-10-14-26-44-38)28-34(31)40(48(4,5)6)32-22-20-29(27-33(32)39)45(35-15-7-11-23-41-35)36-16-8-12-24-42-36/h7-28H,1-6H3. The van der Waals surface area contributed by atoms with Gasteiger partial charge >= 0.3 is 0 Å². The van der Waals surface area contributed by atoms with Crippen molar-refractivity contribution in [1.29, 1.82) is 0 Å². The van der Waals surface area contributed by atoms with Crippen LogP contribution in [0.25, 0.3) is 21.5 Å². The van der Waals surface area contributed by atoms with Gasteiger partial charge in [0.25, 0.3) is 0 Å². The van der Waals surface area contributed by atoms with Gasteiger partial charge in [0.2, 0.25) is 0 Å². The highest BCUT2D eigenvalue weighted by atomic mass is 28.3. The van der Waals surface area contributed by atoms with E-state index in [9.17, 15) is 0 Å². The highest BCUT2D eigenvalue weighted by Gasteiger charge is 2.30. The summed E-state index contributed by atoms with van der Waals surface area (Å²) in [5.74, 6) is 3.35. The Balaban J connectivity index is 1.54. The van der Waals surface area contributed by atoms with E-state index in [4.69, 9.17) is 19.9 Å². The zero-order valence-electron chi connectivity index (χ0n) is 28.4. The molecule has 0 amide bonds. The van der Waals surface area contributed by atoms with Crippen molar-refractivity contribution in [3.8, 4) is 0 Å². The maximum absolute atomic E-state index is 4.75. The van der Waals surface area contributed by atoms with Gasteiger partial charge in [0.1, 0.15) is 23.3 Å². The van der Waals surface area contributed by atoms with Gasteiger partial charge in [-0.25, -0.2) is 19.9 Å². The number of rotatable bonds is 8. The molecule has 0 spiro atoms. The molecule has 0 N–H and O–H groups in total. The van der Waals surface area contributed by atoms with Gasteiger partial charge in [0.05, 0.1) is 16.1 Å². The summed E-state index contributed by atoms with van der Waals surface area (Å²) in [4.78, 5) is 23.3. The number of aromatic nitrogens is 4. The smallest absolute Gasteiger partial charge is 0.138 e. The molecule has 0 fully saturated rings. The number of nitrogens with zero attached hydrogens (tertiary/aromatic N) is 6. The lowest BCUT2D eigenvalue weighted by Gasteiger charge is -2.31. The van der Waals surface area contributed by atoms with Crippen molar-refractivity contribution in [2.75, 3.05) is 9.80 Å². The van der Waals surface area contributed by atoms with Gasteiger partial charge in [-0.1, -0.05) is 75.7 Å². The first-order valence-corrected chi connectivity index (χ1v) is 23.4. The van der Waals surface area contributed by atoms with Crippen molar-refractivity contribution < 1.29 is 0 Å². The summed E-state index contributed by atoms with van der Waals surface area (Å²) in [7, 11) is -3.81. The second-order valence-corrected chi connectivity index (χ2v) is 24.1. The lowest BCUT2D eigenvalue weighted by molar-refractivity contribution is 1.13. The van der Waals surface area contributed by atoms with E-state index in [0.29, 0.717) is 0 Å². The molecule has 8 heteroatoms. The Morgan fingerprint density at radius 3 is 0.938 bits per heavy atom. The number of fused-ring (bicyclic) bond motifs is 2. The highest BCUT2D eigenvalue weighted by molar-refractivity contribution is 6.95. The second-order valence-electron chi connectivity index (χ2n) is 14.1. The number of hydrogen-bond donors (Lipinski definition) is 0. The van der Waals surface area contributed by atoms with Crippen molar-refractivity contribution in [3.05, 3.63) is 134 Å². The number of anilines is 6. The van der Waals surface area contributed by atoms with Gasteiger partial charge in [0, 0.05) is 36.2 Å². The van der Waals surface area contributed by atoms with E-state index < -0.39 is 16.1 Å². The highest BCUT2D eigenvalue weighted by Crippen LogP contribution is 2.38. The normalized spacial score (nSPS) is 12.0. The molecule has 4 aromatic heterocycles. The quantitative estimate of drug-likeness (QED) is 0.120. The van der Waals surface area contributed by atoms with Crippen molar-refractivity contribution >= 4 is 82.7 Å². The summed E-state index contributed by atoms with van der Waals surface area (Å²) >= 11 is 0. The van der Waals surface area contributed by atoms with Crippen LogP contribution in [-0.4, -0.2) is 36.1 Å². The van der Waals surface area contributed by atoms with E-state index in [1.807, 2.05) is 97.6 Å². The van der Waals surface area contributed by atoms with Crippen LogP contribution in [0.5, 0.6) is 0 Å². The van der Waals surface area contributed by atoms with E-state index in [-0.39, 0.29) is 0 Å². The predicted octanol–water partition coefficient (Wildman–Crippen LogP) is 9.60. The lowest BCUT2D eigenvalue weighted by atomic mass is 10.0. The fraction of sp³-hybridized carbons (Fsp3) is 0.150. The summed E-state index contributed by atoms with van der Waals surface area (Å²) in [5.41, 5.74) is 2.10. The molecule has 0 bridgehead atoms. The summed E-state index contributed by atoms with van der Waals surface area (Å²) in [6.07, 6.45) is 7.36. The minimum Gasteiger partial charge on any atom is -0.279 e. The summed E-state index contributed by atoms with van der Waals surface area (Å²) in [6, 6.07) is 38.1. The third-order valence-electron chi connectivity index (χ3n) is 8.61. The average molecular weight is 661 g/mol. The van der Waals surface area contributed by atoms with Gasteiger partial charge in [0.15, 0.2) is 0 Å². The van der Waals surface area contributed by atoms with Gasteiger partial charge < -0.3 is 0 Å². The van der Waals surface area contributed by atoms with E-state index in [0.717, 1.165) is 34.6 Å². The van der Waals surface area contributed by atoms with Crippen LogP contribution in [0.3, 0.4) is 0 Å². The van der Waals surface area contributed by atoms with Crippen LogP contribution in [0.15, 0.2) is 134 Å². The fourth-order valence-corrected chi connectivity index (χ4v) is 10.9. The Morgan fingerprint density at radius 2 is 0.688 bits per heavy atom. The van der Waals surface area contributed by atoms with Crippen LogP contribution < -0.4 is 20.2 Å². The molecule has 0 saturated heterocycles.